The molecule has 134 valence electrons. The number of anilines is 2. The SMILES string of the molecule is CCCNC(=O)CNC(=O)Nc1ccc(N(C)C)cc1C(F)(F)F. The van der Waals surface area contributed by atoms with Gasteiger partial charge in [-0.05, 0) is 24.6 Å². The normalized spacial score (nSPS) is 10.9. The van der Waals surface area contributed by atoms with E-state index in [0.717, 1.165) is 12.5 Å². The van der Waals surface area contributed by atoms with Crippen LogP contribution in [0.1, 0.15) is 18.9 Å². The van der Waals surface area contributed by atoms with Crippen LogP contribution < -0.4 is 20.9 Å². The van der Waals surface area contributed by atoms with Gasteiger partial charge in [-0.15, -0.1) is 0 Å². The third-order valence-electron chi connectivity index (χ3n) is 3.05. The molecule has 0 radical (unpaired) electrons. The second-order valence-corrected chi connectivity index (χ2v) is 5.28. The predicted octanol–water partition coefficient (Wildman–Crippen LogP) is 2.42. The molecule has 0 unspecified atom stereocenters. The Balaban J connectivity index is 2.79. The van der Waals surface area contributed by atoms with Crippen molar-refractivity contribution in [1.82, 2.24) is 10.6 Å². The summed E-state index contributed by atoms with van der Waals surface area (Å²) < 4.78 is 39.4. The van der Waals surface area contributed by atoms with Crippen molar-refractivity contribution in [3.63, 3.8) is 0 Å². The number of rotatable bonds is 6. The van der Waals surface area contributed by atoms with Gasteiger partial charge in [0.15, 0.2) is 0 Å². The maximum atomic E-state index is 13.1. The smallest absolute Gasteiger partial charge is 0.378 e. The Morgan fingerprint density at radius 1 is 1.17 bits per heavy atom. The Kier molecular flexibility index (Phi) is 6.87. The molecule has 0 atom stereocenters. The fourth-order valence-electron chi connectivity index (χ4n) is 1.81. The first-order valence-electron chi connectivity index (χ1n) is 7.35. The Labute approximate surface area is 138 Å². The molecule has 0 bridgehead atoms. The van der Waals surface area contributed by atoms with Crippen molar-refractivity contribution >= 4 is 23.3 Å². The fourth-order valence-corrected chi connectivity index (χ4v) is 1.81. The molecule has 0 aliphatic rings. The summed E-state index contributed by atoms with van der Waals surface area (Å²) >= 11 is 0. The molecule has 0 aromatic heterocycles. The summed E-state index contributed by atoms with van der Waals surface area (Å²) in [5.41, 5.74) is -0.980. The van der Waals surface area contributed by atoms with Gasteiger partial charge in [-0.3, -0.25) is 4.79 Å². The summed E-state index contributed by atoms with van der Waals surface area (Å²) in [5, 5.41) is 6.88. The van der Waals surface area contributed by atoms with Crippen LogP contribution in [-0.4, -0.2) is 39.1 Å². The van der Waals surface area contributed by atoms with Gasteiger partial charge in [0, 0.05) is 26.3 Å². The number of urea groups is 1. The lowest BCUT2D eigenvalue weighted by Crippen LogP contribution is -2.39. The highest BCUT2D eigenvalue weighted by atomic mass is 19.4. The van der Waals surface area contributed by atoms with E-state index in [1.807, 2.05) is 6.92 Å². The first-order chi connectivity index (χ1) is 11.1. The first-order valence-corrected chi connectivity index (χ1v) is 7.35. The van der Waals surface area contributed by atoms with Crippen molar-refractivity contribution in [2.75, 3.05) is 37.4 Å². The van der Waals surface area contributed by atoms with E-state index in [1.165, 1.54) is 17.0 Å². The van der Waals surface area contributed by atoms with Crippen LogP contribution in [0.5, 0.6) is 0 Å². The molecule has 6 nitrogen and oxygen atoms in total. The van der Waals surface area contributed by atoms with E-state index in [9.17, 15) is 22.8 Å². The van der Waals surface area contributed by atoms with Crippen molar-refractivity contribution in [2.45, 2.75) is 19.5 Å². The van der Waals surface area contributed by atoms with E-state index in [1.54, 1.807) is 14.1 Å². The Morgan fingerprint density at radius 3 is 2.38 bits per heavy atom. The molecule has 0 aliphatic carbocycles. The minimum absolute atomic E-state index is 0.317. The molecular weight excluding hydrogens is 325 g/mol. The van der Waals surface area contributed by atoms with E-state index in [4.69, 9.17) is 0 Å². The van der Waals surface area contributed by atoms with E-state index in [0.29, 0.717) is 12.2 Å². The standard InChI is InChI=1S/C15H21F3N4O2/c1-4-7-19-13(23)9-20-14(24)21-12-6-5-10(22(2)3)8-11(12)15(16,17)18/h5-6,8H,4,7,9H2,1-3H3,(H,19,23)(H2,20,21,24). The van der Waals surface area contributed by atoms with Gasteiger partial charge in [0.25, 0.3) is 0 Å². The van der Waals surface area contributed by atoms with E-state index >= 15 is 0 Å². The second kappa shape index (κ2) is 8.42. The number of alkyl halides is 3. The van der Waals surface area contributed by atoms with Gasteiger partial charge in [-0.2, -0.15) is 13.2 Å². The summed E-state index contributed by atoms with van der Waals surface area (Å²) in [6.07, 6.45) is -3.88. The van der Waals surface area contributed by atoms with Crippen molar-refractivity contribution in [3.8, 4) is 0 Å². The average molecular weight is 346 g/mol. The van der Waals surface area contributed by atoms with Gasteiger partial charge < -0.3 is 20.9 Å². The van der Waals surface area contributed by atoms with Gasteiger partial charge in [0.2, 0.25) is 5.91 Å². The topological polar surface area (TPSA) is 73.5 Å². The lowest BCUT2D eigenvalue weighted by Gasteiger charge is -2.18. The van der Waals surface area contributed by atoms with Crippen molar-refractivity contribution < 1.29 is 22.8 Å². The molecule has 3 amide bonds. The Hall–Kier alpha value is -2.45. The number of amides is 3. The molecule has 24 heavy (non-hydrogen) atoms. The van der Waals surface area contributed by atoms with Crippen LogP contribution in [0, 0.1) is 0 Å². The van der Waals surface area contributed by atoms with Crippen LogP contribution in [0.2, 0.25) is 0 Å². The summed E-state index contributed by atoms with van der Waals surface area (Å²) in [7, 11) is 3.23. The molecule has 0 saturated carbocycles. The molecule has 1 aromatic rings. The van der Waals surface area contributed by atoms with E-state index in [-0.39, 0.29) is 12.2 Å². The van der Waals surface area contributed by atoms with Gasteiger partial charge in [0.1, 0.15) is 0 Å². The van der Waals surface area contributed by atoms with Crippen LogP contribution in [0.4, 0.5) is 29.3 Å². The maximum absolute atomic E-state index is 13.1. The number of hydrogen-bond acceptors (Lipinski definition) is 3. The molecule has 0 fully saturated rings. The summed E-state index contributed by atoms with van der Waals surface area (Å²) in [5.74, 6) is -0.411. The number of nitrogens with one attached hydrogen (secondary N) is 3. The van der Waals surface area contributed by atoms with Gasteiger partial charge in [0.05, 0.1) is 17.8 Å². The van der Waals surface area contributed by atoms with E-state index in [2.05, 4.69) is 16.0 Å². The van der Waals surface area contributed by atoms with Crippen molar-refractivity contribution in [2.24, 2.45) is 0 Å². The van der Waals surface area contributed by atoms with Crippen LogP contribution in [0.3, 0.4) is 0 Å². The fraction of sp³-hybridized carbons (Fsp3) is 0.467. The molecule has 1 aromatic carbocycles. The number of carbonyl (C=O) groups excluding carboxylic acids is 2. The number of nitrogens with zero attached hydrogens (tertiary/aromatic N) is 1. The highest BCUT2D eigenvalue weighted by Gasteiger charge is 2.34. The molecule has 0 spiro atoms. The zero-order chi connectivity index (χ0) is 18.3. The minimum Gasteiger partial charge on any atom is -0.378 e. The van der Waals surface area contributed by atoms with Crippen LogP contribution >= 0.6 is 0 Å². The van der Waals surface area contributed by atoms with Gasteiger partial charge in [-0.1, -0.05) is 6.92 Å². The molecular formula is C15H21F3N4O2. The van der Waals surface area contributed by atoms with E-state index < -0.39 is 23.7 Å². The summed E-state index contributed by atoms with van der Waals surface area (Å²) in [6.45, 7) is 2.02. The number of hydrogen-bond donors (Lipinski definition) is 3. The highest BCUT2D eigenvalue weighted by Crippen LogP contribution is 2.37. The zero-order valence-corrected chi connectivity index (χ0v) is 13.8. The third kappa shape index (κ3) is 5.98. The van der Waals surface area contributed by atoms with Crippen molar-refractivity contribution in [3.05, 3.63) is 23.8 Å². The lowest BCUT2D eigenvalue weighted by molar-refractivity contribution is -0.136. The van der Waals surface area contributed by atoms with Crippen molar-refractivity contribution in [1.29, 1.82) is 0 Å². The number of halogens is 3. The Morgan fingerprint density at radius 2 is 1.83 bits per heavy atom. The number of benzene rings is 1. The number of carbonyl (C=O) groups is 2. The molecule has 0 saturated heterocycles. The molecule has 0 aliphatic heterocycles. The van der Waals surface area contributed by atoms with Gasteiger partial charge >= 0.3 is 12.2 Å². The summed E-state index contributed by atoms with van der Waals surface area (Å²) in [6, 6.07) is 2.70. The van der Waals surface area contributed by atoms with Crippen LogP contribution in [0.25, 0.3) is 0 Å². The zero-order valence-electron chi connectivity index (χ0n) is 13.8. The quantitative estimate of drug-likeness (QED) is 0.741. The minimum atomic E-state index is -4.62. The Bertz CT molecular complexity index is 589. The monoisotopic (exact) mass is 346 g/mol. The largest absolute Gasteiger partial charge is 0.418 e. The predicted molar refractivity (Wildman–Crippen MR) is 86.1 cm³/mol. The lowest BCUT2D eigenvalue weighted by atomic mass is 10.1. The second-order valence-electron chi connectivity index (χ2n) is 5.28. The maximum Gasteiger partial charge on any atom is 0.418 e. The first kappa shape index (κ1) is 19.6. The average Bonchev–Trinajstić information content (AvgIpc) is 2.50. The van der Waals surface area contributed by atoms with Gasteiger partial charge in [-0.25, -0.2) is 4.79 Å². The van der Waals surface area contributed by atoms with Crippen LogP contribution in [0.15, 0.2) is 18.2 Å². The molecule has 1 rings (SSSR count). The summed E-state index contributed by atoms with van der Waals surface area (Å²) in [4.78, 5) is 24.6. The molecule has 3 N–H and O–H groups in total. The molecule has 0 heterocycles. The van der Waals surface area contributed by atoms with Crippen LogP contribution in [-0.2, 0) is 11.0 Å². The highest BCUT2D eigenvalue weighted by molar-refractivity contribution is 5.93. The molecule has 9 heteroatoms. The third-order valence-corrected chi connectivity index (χ3v) is 3.05.